The summed E-state index contributed by atoms with van der Waals surface area (Å²) in [6.07, 6.45) is 0.208. The van der Waals surface area contributed by atoms with Gasteiger partial charge in [-0.15, -0.1) is 24.8 Å². The third-order valence-electron chi connectivity index (χ3n) is 2.49. The summed E-state index contributed by atoms with van der Waals surface area (Å²) in [7, 11) is 0. The smallest absolute Gasteiger partial charge is 0.326 e. The number of nitrogens with one attached hydrogen (secondary N) is 1. The second-order valence-electron chi connectivity index (χ2n) is 3.93. The second-order valence-corrected chi connectivity index (χ2v) is 3.93. The Hall–Kier alpha value is -1.34. The van der Waals surface area contributed by atoms with Crippen LogP contribution in [0.4, 0.5) is 0 Å². The van der Waals surface area contributed by atoms with E-state index in [1.165, 1.54) is 0 Å². The van der Waals surface area contributed by atoms with E-state index in [-0.39, 0.29) is 37.8 Å². The number of rotatable bonds is 6. The van der Waals surface area contributed by atoms with Crippen molar-refractivity contribution in [1.29, 1.82) is 0 Å². The topological polar surface area (TPSA) is 118 Å². The molecule has 20 heavy (non-hydrogen) atoms. The van der Waals surface area contributed by atoms with Crippen molar-refractivity contribution in [1.82, 2.24) is 5.32 Å². The molecule has 0 saturated heterocycles. The van der Waals surface area contributed by atoms with E-state index in [1.807, 2.05) is 18.2 Å². The molecule has 0 saturated carbocycles. The molecule has 0 fully saturated rings. The first-order valence-electron chi connectivity index (χ1n) is 5.57. The maximum atomic E-state index is 11.5. The van der Waals surface area contributed by atoms with Gasteiger partial charge in [0.25, 0.3) is 0 Å². The summed E-state index contributed by atoms with van der Waals surface area (Å²) < 4.78 is 0. The Morgan fingerprint density at radius 1 is 1.20 bits per heavy atom. The maximum absolute atomic E-state index is 11.5. The fraction of sp³-hybridized carbons (Fsp3) is 0.333. The number of halogens is 2. The molecule has 1 aromatic rings. The van der Waals surface area contributed by atoms with Crippen LogP contribution < -0.4 is 16.8 Å². The van der Waals surface area contributed by atoms with E-state index >= 15 is 0 Å². The van der Waals surface area contributed by atoms with Crippen LogP contribution in [0.25, 0.3) is 0 Å². The van der Waals surface area contributed by atoms with E-state index in [0.29, 0.717) is 0 Å². The molecule has 6 N–H and O–H groups in total. The Balaban J connectivity index is 0. The average molecular weight is 324 g/mol. The summed E-state index contributed by atoms with van der Waals surface area (Å²) >= 11 is 0. The van der Waals surface area contributed by atoms with Gasteiger partial charge < -0.3 is 21.9 Å². The van der Waals surface area contributed by atoms with Gasteiger partial charge in [-0.3, -0.25) is 4.79 Å². The van der Waals surface area contributed by atoms with Crippen LogP contribution in [0.5, 0.6) is 0 Å². The Morgan fingerprint density at radius 2 is 1.75 bits per heavy atom. The quantitative estimate of drug-likeness (QED) is 0.584. The third-order valence-corrected chi connectivity index (χ3v) is 2.49. The number of amides is 1. The molecule has 8 heteroatoms. The molecule has 0 aromatic heterocycles. The number of carbonyl (C=O) groups excluding carboxylic acids is 1. The van der Waals surface area contributed by atoms with Crippen molar-refractivity contribution in [2.45, 2.75) is 18.5 Å². The number of aliphatic carboxylic acids is 1. The van der Waals surface area contributed by atoms with Gasteiger partial charge in [0, 0.05) is 13.0 Å². The molecular weight excluding hydrogens is 305 g/mol. The Bertz CT molecular complexity index is 418. The van der Waals surface area contributed by atoms with Crippen LogP contribution >= 0.6 is 24.8 Å². The van der Waals surface area contributed by atoms with Gasteiger partial charge in [-0.05, 0) is 5.56 Å². The molecule has 114 valence electrons. The van der Waals surface area contributed by atoms with Gasteiger partial charge in [-0.2, -0.15) is 0 Å². The predicted molar refractivity (Wildman–Crippen MR) is 81.2 cm³/mol. The van der Waals surface area contributed by atoms with E-state index in [1.54, 1.807) is 12.1 Å². The van der Waals surface area contributed by atoms with Crippen LogP contribution in [0.2, 0.25) is 0 Å². The molecule has 0 aliphatic rings. The second kappa shape index (κ2) is 10.4. The van der Waals surface area contributed by atoms with E-state index < -0.39 is 24.0 Å². The monoisotopic (exact) mass is 323 g/mol. The average Bonchev–Trinajstić information content (AvgIpc) is 2.37. The van der Waals surface area contributed by atoms with Gasteiger partial charge in [-0.1, -0.05) is 30.3 Å². The third kappa shape index (κ3) is 6.72. The molecule has 0 radical (unpaired) electrons. The fourth-order valence-electron chi connectivity index (χ4n) is 1.44. The van der Waals surface area contributed by atoms with Crippen LogP contribution in [-0.2, 0) is 16.0 Å². The zero-order chi connectivity index (χ0) is 13.5. The van der Waals surface area contributed by atoms with Gasteiger partial charge >= 0.3 is 5.97 Å². The van der Waals surface area contributed by atoms with E-state index in [9.17, 15) is 9.59 Å². The first kappa shape index (κ1) is 21.0. The molecule has 1 amide bonds. The van der Waals surface area contributed by atoms with Gasteiger partial charge in [0.05, 0.1) is 6.04 Å². The van der Waals surface area contributed by atoms with Crippen molar-refractivity contribution in [3.8, 4) is 0 Å². The van der Waals surface area contributed by atoms with Gasteiger partial charge in [0.15, 0.2) is 0 Å². The lowest BCUT2D eigenvalue weighted by molar-refractivity contribution is -0.141. The lowest BCUT2D eigenvalue weighted by atomic mass is 10.1. The van der Waals surface area contributed by atoms with Crippen molar-refractivity contribution in [2.75, 3.05) is 6.54 Å². The van der Waals surface area contributed by atoms with Crippen LogP contribution in [0.15, 0.2) is 30.3 Å². The number of carboxylic acids is 1. The number of benzene rings is 1. The predicted octanol–water partition coefficient (Wildman–Crippen LogP) is -0.0719. The highest BCUT2D eigenvalue weighted by Crippen LogP contribution is 2.03. The maximum Gasteiger partial charge on any atom is 0.326 e. The first-order valence-corrected chi connectivity index (χ1v) is 5.57. The summed E-state index contributed by atoms with van der Waals surface area (Å²) in [6.45, 7) is -0.0243. The highest BCUT2D eigenvalue weighted by atomic mass is 35.5. The van der Waals surface area contributed by atoms with Gasteiger partial charge in [0.2, 0.25) is 5.91 Å². The summed E-state index contributed by atoms with van der Waals surface area (Å²) in [5.74, 6) is -1.66. The minimum atomic E-state index is -1.10. The van der Waals surface area contributed by atoms with E-state index in [2.05, 4.69) is 5.32 Å². The Morgan fingerprint density at radius 3 is 2.20 bits per heavy atom. The van der Waals surface area contributed by atoms with Crippen LogP contribution in [0.3, 0.4) is 0 Å². The number of nitrogens with two attached hydrogens (primary N) is 2. The minimum Gasteiger partial charge on any atom is -0.480 e. The van der Waals surface area contributed by atoms with Gasteiger partial charge in [-0.25, -0.2) is 4.79 Å². The molecule has 0 unspecified atom stereocenters. The van der Waals surface area contributed by atoms with Crippen molar-refractivity contribution in [2.24, 2.45) is 11.5 Å². The molecule has 0 heterocycles. The van der Waals surface area contributed by atoms with Gasteiger partial charge in [0.1, 0.15) is 6.04 Å². The molecule has 0 bridgehead atoms. The molecule has 1 aromatic carbocycles. The molecule has 1 rings (SSSR count). The minimum absolute atomic E-state index is 0. The Kier molecular flexibility index (Phi) is 11.0. The summed E-state index contributed by atoms with van der Waals surface area (Å²) in [4.78, 5) is 22.6. The molecule has 6 nitrogen and oxygen atoms in total. The van der Waals surface area contributed by atoms with Crippen LogP contribution in [0.1, 0.15) is 5.56 Å². The number of carboxylic acid groups (broad SMARTS) is 1. The molecule has 0 aliphatic carbocycles. The van der Waals surface area contributed by atoms with Crippen molar-refractivity contribution >= 4 is 36.7 Å². The van der Waals surface area contributed by atoms with E-state index in [0.717, 1.165) is 5.56 Å². The normalized spacial score (nSPS) is 12.3. The molecule has 2 atom stereocenters. The number of hydrogen-bond donors (Lipinski definition) is 4. The van der Waals surface area contributed by atoms with E-state index in [4.69, 9.17) is 16.6 Å². The summed E-state index contributed by atoms with van der Waals surface area (Å²) in [6, 6.07) is 7.15. The van der Waals surface area contributed by atoms with Crippen LogP contribution in [0, 0.1) is 0 Å². The fourth-order valence-corrected chi connectivity index (χ4v) is 1.44. The zero-order valence-electron chi connectivity index (χ0n) is 10.7. The highest BCUT2D eigenvalue weighted by Gasteiger charge is 2.22. The molecular formula is C12H19Cl2N3O3. The number of hydrogen-bond acceptors (Lipinski definition) is 4. The largest absolute Gasteiger partial charge is 0.480 e. The molecule has 0 spiro atoms. The molecule has 0 aliphatic heterocycles. The van der Waals surface area contributed by atoms with Crippen LogP contribution in [-0.4, -0.2) is 35.6 Å². The Labute approximate surface area is 129 Å². The summed E-state index contributed by atoms with van der Waals surface area (Å²) in [5.41, 5.74) is 11.5. The SMILES string of the molecule is Cl.Cl.NC[C@H](N)C(=O)N[C@@H](Cc1ccccc1)C(=O)O. The van der Waals surface area contributed by atoms with Crippen molar-refractivity contribution < 1.29 is 14.7 Å². The van der Waals surface area contributed by atoms with Crippen molar-refractivity contribution in [3.05, 3.63) is 35.9 Å². The summed E-state index contributed by atoms with van der Waals surface area (Å²) in [5, 5.41) is 11.4. The lowest BCUT2D eigenvalue weighted by Crippen LogP contribution is -2.51. The lowest BCUT2D eigenvalue weighted by Gasteiger charge is -2.17. The van der Waals surface area contributed by atoms with Crippen molar-refractivity contribution in [3.63, 3.8) is 0 Å². The zero-order valence-corrected chi connectivity index (χ0v) is 12.3. The number of carbonyl (C=O) groups is 2. The first-order chi connectivity index (χ1) is 8.54. The highest BCUT2D eigenvalue weighted by molar-refractivity contribution is 5.87. The standard InChI is InChI=1S/C12H17N3O3.2ClH/c13-7-9(14)11(16)15-10(12(17)18)6-8-4-2-1-3-5-8;;/h1-5,9-10H,6-7,13-14H2,(H,15,16)(H,17,18);2*1H/t9-,10-;;/m0../s1.